The third-order valence-corrected chi connectivity index (χ3v) is 2.78. The summed E-state index contributed by atoms with van der Waals surface area (Å²) < 4.78 is 37.1. The summed E-state index contributed by atoms with van der Waals surface area (Å²) in [5, 5.41) is 10.5. The van der Waals surface area contributed by atoms with Crippen LogP contribution >= 0.6 is 0 Å². The van der Waals surface area contributed by atoms with Gasteiger partial charge in [0.05, 0.1) is 6.04 Å². The van der Waals surface area contributed by atoms with Gasteiger partial charge in [-0.05, 0) is 22.7 Å². The zero-order valence-electron chi connectivity index (χ0n) is 10.5. The highest BCUT2D eigenvalue weighted by Crippen LogP contribution is 2.24. The molecule has 1 aromatic rings. The van der Waals surface area contributed by atoms with Crippen LogP contribution in [0.3, 0.4) is 0 Å². The van der Waals surface area contributed by atoms with E-state index in [1.54, 1.807) is 0 Å². The fourth-order valence-corrected chi connectivity index (χ4v) is 1.74. The molecule has 0 spiro atoms. The first-order chi connectivity index (χ1) is 9.33. The number of carbonyl (C=O) groups is 1. The molecular weight excluding hydrogens is 279 g/mol. The molecule has 1 unspecified atom stereocenters. The van der Waals surface area contributed by atoms with Crippen LogP contribution in [0.15, 0.2) is 12.5 Å². The molecule has 6 nitrogen and oxygen atoms in total. The minimum Gasteiger partial charge on any atom is -0.358 e. The molecule has 0 saturated heterocycles. The van der Waals surface area contributed by atoms with Gasteiger partial charge in [0.25, 0.3) is 0 Å². The smallest absolute Gasteiger partial charge is 0.358 e. The number of alkyl halides is 3. The van der Waals surface area contributed by atoms with Crippen molar-refractivity contribution in [3.05, 3.63) is 22.6 Å². The Bertz CT molecular complexity index is 459. The predicted octanol–water partition coefficient (Wildman–Crippen LogP) is 3.04. The zero-order chi connectivity index (χ0) is 15.2. The van der Waals surface area contributed by atoms with Crippen LogP contribution < -0.4 is 0 Å². The molecule has 112 valence electrons. The topological polar surface area (TPSA) is 78.0 Å². The van der Waals surface area contributed by atoms with E-state index in [1.165, 1.54) is 10.9 Å². The fourth-order valence-electron chi connectivity index (χ4n) is 1.74. The van der Waals surface area contributed by atoms with Crippen LogP contribution in [-0.2, 0) is 4.79 Å². The van der Waals surface area contributed by atoms with Crippen LogP contribution in [0, 0.1) is 10.1 Å². The molecule has 0 aliphatic rings. The summed E-state index contributed by atoms with van der Waals surface area (Å²) in [6.07, 6.45) is -0.957. The highest BCUT2D eigenvalue weighted by Gasteiger charge is 2.25. The number of hydrogen-bond donors (Lipinski definition) is 0. The lowest BCUT2D eigenvalue weighted by Crippen LogP contribution is -2.09. The average molecular weight is 293 g/mol. The molecule has 0 aromatic carbocycles. The van der Waals surface area contributed by atoms with Crippen molar-refractivity contribution >= 4 is 12.1 Å². The number of imidazole rings is 1. The fraction of sp³-hybridized carbons (Fsp3) is 0.636. The molecule has 1 atom stereocenters. The van der Waals surface area contributed by atoms with Crippen molar-refractivity contribution in [2.45, 2.75) is 44.3 Å². The SMILES string of the molecule is O=CC(CCCCCC(F)(F)F)n1cnc([N+](=O)[O-])c1. The molecule has 1 heterocycles. The Balaban J connectivity index is 2.39. The van der Waals surface area contributed by atoms with Crippen molar-refractivity contribution < 1.29 is 22.9 Å². The predicted molar refractivity (Wildman–Crippen MR) is 63.1 cm³/mol. The maximum atomic E-state index is 11.9. The molecule has 0 radical (unpaired) electrons. The monoisotopic (exact) mass is 293 g/mol. The van der Waals surface area contributed by atoms with Crippen molar-refractivity contribution in [3.63, 3.8) is 0 Å². The molecule has 0 aliphatic heterocycles. The number of nitrogens with zero attached hydrogens (tertiary/aromatic N) is 3. The maximum Gasteiger partial charge on any atom is 0.389 e. The summed E-state index contributed by atoms with van der Waals surface area (Å²) in [5.41, 5.74) is 0. The number of nitro groups is 1. The van der Waals surface area contributed by atoms with E-state index in [-0.39, 0.29) is 12.2 Å². The third-order valence-electron chi connectivity index (χ3n) is 2.78. The molecule has 9 heteroatoms. The minimum absolute atomic E-state index is 0.0130. The van der Waals surface area contributed by atoms with Gasteiger partial charge in [-0.25, -0.2) is 0 Å². The van der Waals surface area contributed by atoms with Crippen LogP contribution in [0.1, 0.15) is 38.1 Å². The highest BCUT2D eigenvalue weighted by atomic mass is 19.4. The number of hydrogen-bond acceptors (Lipinski definition) is 4. The van der Waals surface area contributed by atoms with Crippen LogP contribution in [0.25, 0.3) is 0 Å². The molecule has 0 fully saturated rings. The van der Waals surface area contributed by atoms with Crippen molar-refractivity contribution in [1.29, 1.82) is 0 Å². The third kappa shape index (κ3) is 5.37. The summed E-state index contributed by atoms with van der Waals surface area (Å²) in [5.74, 6) is -0.367. The largest absolute Gasteiger partial charge is 0.389 e. The van der Waals surface area contributed by atoms with Gasteiger partial charge in [-0.2, -0.15) is 13.2 Å². The molecule has 0 saturated carbocycles. The first-order valence-electron chi connectivity index (χ1n) is 6.03. The summed E-state index contributed by atoms with van der Waals surface area (Å²) in [6.45, 7) is 0. The molecule has 0 amide bonds. The van der Waals surface area contributed by atoms with E-state index in [2.05, 4.69) is 4.98 Å². The summed E-state index contributed by atoms with van der Waals surface area (Å²) in [4.78, 5) is 24.2. The van der Waals surface area contributed by atoms with E-state index in [0.717, 1.165) is 6.20 Å². The lowest BCUT2D eigenvalue weighted by molar-refractivity contribution is -0.389. The van der Waals surface area contributed by atoms with Gasteiger partial charge < -0.3 is 19.5 Å². The van der Waals surface area contributed by atoms with Gasteiger partial charge in [0.1, 0.15) is 12.5 Å². The van der Waals surface area contributed by atoms with Gasteiger partial charge in [-0.15, -0.1) is 0 Å². The second-order valence-corrected chi connectivity index (χ2v) is 4.35. The molecule has 1 aromatic heterocycles. The Morgan fingerprint density at radius 2 is 2.10 bits per heavy atom. The summed E-state index contributed by atoms with van der Waals surface area (Å²) in [7, 11) is 0. The van der Waals surface area contributed by atoms with Gasteiger partial charge in [-0.3, -0.25) is 0 Å². The van der Waals surface area contributed by atoms with Crippen molar-refractivity contribution in [2.24, 2.45) is 0 Å². The number of rotatable bonds is 8. The van der Waals surface area contributed by atoms with Crippen LogP contribution in [0.5, 0.6) is 0 Å². The van der Waals surface area contributed by atoms with E-state index in [1.807, 2.05) is 0 Å². The Kier molecular flexibility index (Phi) is 5.66. The Morgan fingerprint density at radius 1 is 1.40 bits per heavy atom. The number of aromatic nitrogens is 2. The van der Waals surface area contributed by atoms with Crippen molar-refractivity contribution in [2.75, 3.05) is 0 Å². The van der Waals surface area contributed by atoms with E-state index in [0.29, 0.717) is 25.5 Å². The van der Waals surface area contributed by atoms with Gasteiger partial charge in [0.2, 0.25) is 6.33 Å². The summed E-state index contributed by atoms with van der Waals surface area (Å²) in [6, 6.07) is -0.637. The molecule has 0 aliphatic carbocycles. The summed E-state index contributed by atoms with van der Waals surface area (Å²) >= 11 is 0. The second-order valence-electron chi connectivity index (χ2n) is 4.35. The minimum atomic E-state index is -4.16. The molecule has 20 heavy (non-hydrogen) atoms. The first-order valence-corrected chi connectivity index (χ1v) is 6.03. The molecule has 1 rings (SSSR count). The van der Waals surface area contributed by atoms with E-state index in [4.69, 9.17) is 0 Å². The number of halogens is 3. The Hall–Kier alpha value is -1.93. The zero-order valence-corrected chi connectivity index (χ0v) is 10.5. The molecule has 0 bridgehead atoms. The van der Waals surface area contributed by atoms with Gasteiger partial charge in [0.15, 0.2) is 0 Å². The van der Waals surface area contributed by atoms with Gasteiger partial charge in [-0.1, -0.05) is 12.8 Å². The van der Waals surface area contributed by atoms with Crippen LogP contribution in [0.4, 0.5) is 19.0 Å². The maximum absolute atomic E-state index is 11.9. The van der Waals surface area contributed by atoms with Gasteiger partial charge in [0, 0.05) is 6.42 Å². The second kappa shape index (κ2) is 7.01. The standard InChI is InChI=1S/C11H14F3N3O3/c12-11(13,14)5-3-1-2-4-9(7-18)16-6-10(15-8-16)17(19)20/h6-9H,1-5H2. The molecular formula is C11H14F3N3O3. The average Bonchev–Trinajstić information content (AvgIpc) is 2.82. The van der Waals surface area contributed by atoms with E-state index in [9.17, 15) is 28.1 Å². The lowest BCUT2D eigenvalue weighted by Gasteiger charge is -2.10. The van der Waals surface area contributed by atoms with Crippen LogP contribution in [-0.4, -0.2) is 26.9 Å². The van der Waals surface area contributed by atoms with Gasteiger partial charge >= 0.3 is 12.0 Å². The quantitative estimate of drug-likeness (QED) is 0.319. The highest BCUT2D eigenvalue weighted by molar-refractivity contribution is 5.55. The Labute approximate surface area is 112 Å². The Morgan fingerprint density at radius 3 is 2.60 bits per heavy atom. The van der Waals surface area contributed by atoms with Crippen molar-refractivity contribution in [3.8, 4) is 0 Å². The number of carbonyl (C=O) groups excluding carboxylic acids is 1. The van der Waals surface area contributed by atoms with E-state index >= 15 is 0 Å². The first kappa shape index (κ1) is 16.1. The van der Waals surface area contributed by atoms with E-state index < -0.39 is 23.6 Å². The van der Waals surface area contributed by atoms with Crippen LogP contribution in [0.2, 0.25) is 0 Å². The number of unbranched alkanes of at least 4 members (excludes halogenated alkanes) is 2. The normalized spacial score (nSPS) is 13.2. The van der Waals surface area contributed by atoms with Crippen molar-refractivity contribution in [1.82, 2.24) is 9.55 Å². The lowest BCUT2D eigenvalue weighted by atomic mass is 10.1. The molecule has 0 N–H and O–H groups in total. The number of aldehydes is 1.